The fourth-order valence-electron chi connectivity index (χ4n) is 1.26. The first-order valence-electron chi connectivity index (χ1n) is 5.06. The Morgan fingerprint density at radius 2 is 2.31 bits per heavy atom. The lowest BCUT2D eigenvalue weighted by Gasteiger charge is -1.96. The molecule has 16 heavy (non-hydrogen) atoms. The summed E-state index contributed by atoms with van der Waals surface area (Å²) in [7, 11) is 0. The topological polar surface area (TPSA) is 51.8 Å². The van der Waals surface area contributed by atoms with Crippen LogP contribution >= 0.6 is 27.3 Å². The van der Waals surface area contributed by atoms with E-state index in [0.717, 1.165) is 17.1 Å². The normalized spacial score (nSPS) is 12.9. The molecule has 0 aliphatic rings. The van der Waals surface area contributed by atoms with Crippen molar-refractivity contribution in [3.8, 4) is 0 Å². The van der Waals surface area contributed by atoms with E-state index in [2.05, 4.69) is 38.0 Å². The van der Waals surface area contributed by atoms with Crippen molar-refractivity contribution in [3.63, 3.8) is 0 Å². The monoisotopic (exact) mass is 301 g/mol. The van der Waals surface area contributed by atoms with Crippen LogP contribution in [0.1, 0.15) is 40.6 Å². The standard InChI is InChI=1S/C10H12BrN3OS/c1-3-7(11)10-13-8(14-15-10)4-9-12-6(2)5-16-9/h5,7H,3-4H2,1-2H3. The van der Waals surface area contributed by atoms with E-state index in [4.69, 9.17) is 4.52 Å². The Hall–Kier alpha value is -0.750. The van der Waals surface area contributed by atoms with E-state index in [1.54, 1.807) is 11.3 Å². The summed E-state index contributed by atoms with van der Waals surface area (Å²) >= 11 is 5.10. The first-order chi connectivity index (χ1) is 7.69. The maximum atomic E-state index is 5.17. The molecule has 0 saturated carbocycles. The van der Waals surface area contributed by atoms with Gasteiger partial charge in [0, 0.05) is 11.1 Å². The minimum Gasteiger partial charge on any atom is -0.338 e. The second kappa shape index (κ2) is 5.05. The highest BCUT2D eigenvalue weighted by Gasteiger charge is 2.14. The number of halogens is 1. The smallest absolute Gasteiger partial charge is 0.240 e. The molecule has 0 saturated heterocycles. The first kappa shape index (κ1) is 11.7. The lowest BCUT2D eigenvalue weighted by atomic mass is 10.3. The molecule has 2 aromatic heterocycles. The molecule has 1 atom stereocenters. The van der Waals surface area contributed by atoms with Crippen LogP contribution in [-0.4, -0.2) is 15.1 Å². The maximum absolute atomic E-state index is 5.17. The Kier molecular flexibility index (Phi) is 3.70. The average molecular weight is 302 g/mol. The molecule has 0 aromatic carbocycles. The zero-order chi connectivity index (χ0) is 11.5. The van der Waals surface area contributed by atoms with Gasteiger partial charge in [-0.2, -0.15) is 4.98 Å². The molecule has 4 nitrogen and oxygen atoms in total. The SMILES string of the molecule is CCC(Br)c1nc(Cc2nc(C)cs2)no1. The van der Waals surface area contributed by atoms with Crippen LogP contribution in [0.5, 0.6) is 0 Å². The van der Waals surface area contributed by atoms with Gasteiger partial charge in [-0.15, -0.1) is 11.3 Å². The second-order valence-electron chi connectivity index (χ2n) is 3.48. The summed E-state index contributed by atoms with van der Waals surface area (Å²) < 4.78 is 5.17. The fourth-order valence-corrected chi connectivity index (χ4v) is 2.21. The number of aromatic nitrogens is 3. The van der Waals surface area contributed by atoms with Crippen molar-refractivity contribution in [2.75, 3.05) is 0 Å². The predicted octanol–water partition coefficient (Wildman–Crippen LogP) is 3.27. The third-order valence-electron chi connectivity index (χ3n) is 2.09. The second-order valence-corrected chi connectivity index (χ2v) is 5.53. The van der Waals surface area contributed by atoms with E-state index in [1.807, 2.05) is 12.3 Å². The van der Waals surface area contributed by atoms with E-state index >= 15 is 0 Å². The Balaban J connectivity index is 2.08. The van der Waals surface area contributed by atoms with E-state index in [-0.39, 0.29) is 4.83 Å². The van der Waals surface area contributed by atoms with Crippen LogP contribution in [0.2, 0.25) is 0 Å². The molecule has 1 unspecified atom stereocenters. The molecular weight excluding hydrogens is 290 g/mol. The summed E-state index contributed by atoms with van der Waals surface area (Å²) in [5.74, 6) is 1.34. The Morgan fingerprint density at radius 3 is 2.94 bits per heavy atom. The zero-order valence-corrected chi connectivity index (χ0v) is 11.5. The summed E-state index contributed by atoms with van der Waals surface area (Å²) in [6.07, 6.45) is 1.57. The summed E-state index contributed by atoms with van der Waals surface area (Å²) in [6, 6.07) is 0. The van der Waals surface area contributed by atoms with Gasteiger partial charge in [-0.25, -0.2) is 4.98 Å². The van der Waals surface area contributed by atoms with E-state index in [0.29, 0.717) is 18.1 Å². The largest absolute Gasteiger partial charge is 0.338 e. The van der Waals surface area contributed by atoms with Crippen LogP contribution in [0.15, 0.2) is 9.90 Å². The molecule has 86 valence electrons. The van der Waals surface area contributed by atoms with Crippen LogP contribution in [0.25, 0.3) is 0 Å². The molecule has 0 bridgehead atoms. The van der Waals surface area contributed by atoms with Gasteiger partial charge in [0.1, 0.15) is 5.01 Å². The van der Waals surface area contributed by atoms with Gasteiger partial charge in [-0.05, 0) is 13.3 Å². The maximum Gasteiger partial charge on any atom is 0.240 e. The van der Waals surface area contributed by atoms with Crippen molar-refractivity contribution >= 4 is 27.3 Å². The molecule has 2 rings (SSSR count). The van der Waals surface area contributed by atoms with Crippen molar-refractivity contribution in [1.29, 1.82) is 0 Å². The zero-order valence-electron chi connectivity index (χ0n) is 9.11. The average Bonchev–Trinajstić information content (AvgIpc) is 2.87. The van der Waals surface area contributed by atoms with Crippen molar-refractivity contribution < 1.29 is 4.52 Å². The van der Waals surface area contributed by atoms with Crippen molar-refractivity contribution in [2.24, 2.45) is 0 Å². The molecule has 0 aliphatic heterocycles. The Bertz CT molecular complexity index is 468. The predicted molar refractivity (Wildman–Crippen MR) is 65.9 cm³/mol. The van der Waals surface area contributed by atoms with Gasteiger partial charge in [0.05, 0.1) is 11.2 Å². The van der Waals surface area contributed by atoms with Gasteiger partial charge in [-0.1, -0.05) is 28.0 Å². The molecule has 0 aliphatic carbocycles. The lowest BCUT2D eigenvalue weighted by molar-refractivity contribution is 0.372. The van der Waals surface area contributed by atoms with Gasteiger partial charge in [-0.3, -0.25) is 0 Å². The summed E-state index contributed by atoms with van der Waals surface area (Å²) in [5, 5.41) is 6.98. The van der Waals surface area contributed by atoms with Crippen LogP contribution in [0, 0.1) is 6.92 Å². The van der Waals surface area contributed by atoms with Crippen LogP contribution in [-0.2, 0) is 6.42 Å². The quantitative estimate of drug-likeness (QED) is 0.813. The third kappa shape index (κ3) is 2.68. The third-order valence-corrected chi connectivity index (χ3v) is 4.09. The minimum atomic E-state index is 0.145. The van der Waals surface area contributed by atoms with Crippen molar-refractivity contribution in [2.45, 2.75) is 31.5 Å². The molecule has 2 aromatic rings. The molecular formula is C10H12BrN3OS. The molecule has 0 N–H and O–H groups in total. The van der Waals surface area contributed by atoms with Gasteiger partial charge in [0.15, 0.2) is 5.82 Å². The summed E-state index contributed by atoms with van der Waals surface area (Å²) in [4.78, 5) is 8.84. The van der Waals surface area contributed by atoms with Crippen molar-refractivity contribution in [1.82, 2.24) is 15.1 Å². The van der Waals surface area contributed by atoms with Crippen LogP contribution in [0.4, 0.5) is 0 Å². The van der Waals surface area contributed by atoms with Crippen LogP contribution in [0.3, 0.4) is 0 Å². The highest BCUT2D eigenvalue weighted by atomic mass is 79.9. The number of thiazole rings is 1. The Morgan fingerprint density at radius 1 is 1.50 bits per heavy atom. The first-order valence-corrected chi connectivity index (χ1v) is 6.86. The lowest BCUT2D eigenvalue weighted by Crippen LogP contribution is -1.92. The Labute approximate surface area is 106 Å². The highest BCUT2D eigenvalue weighted by molar-refractivity contribution is 9.09. The number of alkyl halides is 1. The van der Waals surface area contributed by atoms with Gasteiger partial charge in [0.25, 0.3) is 0 Å². The minimum absolute atomic E-state index is 0.145. The van der Waals surface area contributed by atoms with E-state index < -0.39 is 0 Å². The number of rotatable bonds is 4. The molecule has 0 spiro atoms. The van der Waals surface area contributed by atoms with E-state index in [1.165, 1.54) is 0 Å². The van der Waals surface area contributed by atoms with E-state index in [9.17, 15) is 0 Å². The number of aryl methyl sites for hydroxylation is 1. The molecule has 0 radical (unpaired) electrons. The number of nitrogens with zero attached hydrogens (tertiary/aromatic N) is 3. The molecule has 0 amide bonds. The number of hydrogen-bond donors (Lipinski definition) is 0. The van der Waals surface area contributed by atoms with Crippen LogP contribution < -0.4 is 0 Å². The number of hydrogen-bond acceptors (Lipinski definition) is 5. The van der Waals surface area contributed by atoms with Gasteiger partial charge < -0.3 is 4.52 Å². The summed E-state index contributed by atoms with van der Waals surface area (Å²) in [6.45, 7) is 4.04. The molecule has 2 heterocycles. The highest BCUT2D eigenvalue weighted by Crippen LogP contribution is 2.24. The van der Waals surface area contributed by atoms with Crippen molar-refractivity contribution in [3.05, 3.63) is 27.8 Å². The fraction of sp³-hybridized carbons (Fsp3) is 0.500. The summed E-state index contributed by atoms with van der Waals surface area (Å²) in [5.41, 5.74) is 1.04. The van der Waals surface area contributed by atoms with Gasteiger partial charge >= 0.3 is 0 Å². The molecule has 6 heteroatoms. The molecule has 0 fully saturated rings. The van der Waals surface area contributed by atoms with Gasteiger partial charge in [0.2, 0.25) is 5.89 Å².